The maximum atomic E-state index is 11.8. The number of nitrogens with zero attached hydrogens (tertiary/aromatic N) is 1. The van der Waals surface area contributed by atoms with Gasteiger partial charge in [-0.05, 0) is 49.8 Å². The summed E-state index contributed by atoms with van der Waals surface area (Å²) < 4.78 is 23.5. The zero-order valence-electron chi connectivity index (χ0n) is 12.4. The highest BCUT2D eigenvalue weighted by Gasteiger charge is 2.36. The van der Waals surface area contributed by atoms with Crippen molar-refractivity contribution in [2.24, 2.45) is 11.1 Å². The molecule has 21 heavy (non-hydrogen) atoms. The van der Waals surface area contributed by atoms with E-state index in [0.717, 1.165) is 23.7 Å². The second-order valence-electron chi connectivity index (χ2n) is 6.30. The lowest BCUT2D eigenvalue weighted by Crippen LogP contribution is -2.35. The van der Waals surface area contributed by atoms with Crippen molar-refractivity contribution in [3.8, 4) is 0 Å². The van der Waals surface area contributed by atoms with E-state index in [1.165, 1.54) is 38.2 Å². The molecule has 1 aliphatic carbocycles. The van der Waals surface area contributed by atoms with E-state index in [0.29, 0.717) is 11.7 Å². The van der Waals surface area contributed by atoms with Crippen LogP contribution in [0.1, 0.15) is 37.7 Å². The fourth-order valence-corrected chi connectivity index (χ4v) is 4.82. The van der Waals surface area contributed by atoms with Gasteiger partial charge in [-0.3, -0.25) is 0 Å². The first-order valence-corrected chi connectivity index (χ1v) is 9.12. The van der Waals surface area contributed by atoms with Crippen molar-refractivity contribution < 1.29 is 8.42 Å². The van der Waals surface area contributed by atoms with Gasteiger partial charge in [-0.15, -0.1) is 0 Å². The third-order valence-corrected chi connectivity index (χ3v) is 6.02. The number of sulfonamides is 1. The Balaban J connectivity index is 2.05. The highest BCUT2D eigenvalue weighted by Crippen LogP contribution is 2.41. The van der Waals surface area contributed by atoms with Crippen LogP contribution in [0.5, 0.6) is 0 Å². The molecule has 0 aromatic heterocycles. The molecule has 2 aliphatic rings. The Kier molecular flexibility index (Phi) is 3.61. The smallest absolute Gasteiger partial charge is 0.238 e. The average Bonchev–Trinajstić information content (AvgIpc) is 2.83. The summed E-state index contributed by atoms with van der Waals surface area (Å²) in [6.07, 6.45) is 6.21. The van der Waals surface area contributed by atoms with E-state index in [9.17, 15) is 8.42 Å². The number of hydrogen-bond donors (Lipinski definition) is 2. The molecule has 0 bridgehead atoms. The molecule has 2 fully saturated rings. The summed E-state index contributed by atoms with van der Waals surface area (Å²) in [5.41, 5.74) is 8.03. The van der Waals surface area contributed by atoms with Crippen molar-refractivity contribution in [1.82, 2.24) is 0 Å². The van der Waals surface area contributed by atoms with Crippen LogP contribution in [0.25, 0.3) is 0 Å². The van der Waals surface area contributed by atoms with E-state index in [1.807, 2.05) is 13.0 Å². The molecule has 0 radical (unpaired) electrons. The minimum atomic E-state index is -3.74. The Bertz CT molecular complexity index is 657. The van der Waals surface area contributed by atoms with Crippen molar-refractivity contribution in [1.29, 1.82) is 0 Å². The fourth-order valence-electron chi connectivity index (χ4n) is 3.99. The lowest BCUT2D eigenvalue weighted by atomic mass is 9.85. The summed E-state index contributed by atoms with van der Waals surface area (Å²) in [7, 11) is -3.74. The molecule has 0 amide bonds. The van der Waals surface area contributed by atoms with Crippen LogP contribution in [0.15, 0.2) is 17.0 Å². The first kappa shape index (κ1) is 14.7. The van der Waals surface area contributed by atoms with Gasteiger partial charge >= 0.3 is 0 Å². The van der Waals surface area contributed by atoms with Crippen LogP contribution in [0.4, 0.5) is 11.4 Å². The van der Waals surface area contributed by atoms with Crippen molar-refractivity contribution in [2.45, 2.75) is 50.0 Å². The molecule has 1 aromatic carbocycles. The Morgan fingerprint density at radius 3 is 2.62 bits per heavy atom. The first-order valence-electron chi connectivity index (χ1n) is 7.57. The van der Waals surface area contributed by atoms with Crippen molar-refractivity contribution in [2.75, 3.05) is 17.2 Å². The molecular weight excluding hydrogens is 286 g/mol. The standard InChI is InChI=1S/C15H23N3O2S/c1-10-14(8-12(16)9-15(10)21(17,19)20)18-7-6-11-4-2-3-5-13(11)18/h8-9,11,13H,2-7,16H2,1H3,(H2,17,19,20). The van der Waals surface area contributed by atoms with Crippen LogP contribution in [-0.4, -0.2) is 21.0 Å². The van der Waals surface area contributed by atoms with Gasteiger partial charge in [0.25, 0.3) is 0 Å². The van der Waals surface area contributed by atoms with Gasteiger partial charge in [0.15, 0.2) is 0 Å². The first-order chi connectivity index (χ1) is 9.88. The van der Waals surface area contributed by atoms with Crippen molar-refractivity contribution >= 4 is 21.4 Å². The van der Waals surface area contributed by atoms with Gasteiger partial charge in [-0.25, -0.2) is 13.6 Å². The molecule has 2 unspecified atom stereocenters. The van der Waals surface area contributed by atoms with E-state index in [2.05, 4.69) is 4.90 Å². The number of nitrogen functional groups attached to an aromatic ring is 1. The number of primary sulfonamides is 1. The maximum Gasteiger partial charge on any atom is 0.238 e. The van der Waals surface area contributed by atoms with Gasteiger partial charge in [-0.2, -0.15) is 0 Å². The number of hydrogen-bond acceptors (Lipinski definition) is 4. The Morgan fingerprint density at radius 2 is 1.90 bits per heavy atom. The minimum Gasteiger partial charge on any atom is -0.399 e. The maximum absolute atomic E-state index is 11.8. The van der Waals surface area contributed by atoms with Crippen LogP contribution < -0.4 is 15.8 Å². The number of rotatable bonds is 2. The monoisotopic (exact) mass is 309 g/mol. The Hall–Kier alpha value is -1.27. The van der Waals surface area contributed by atoms with E-state index in [-0.39, 0.29) is 4.90 Å². The molecule has 5 nitrogen and oxygen atoms in total. The molecule has 0 spiro atoms. The lowest BCUT2D eigenvalue weighted by molar-refractivity contribution is 0.342. The predicted molar refractivity (Wildman–Crippen MR) is 84.7 cm³/mol. The van der Waals surface area contributed by atoms with E-state index in [1.54, 1.807) is 0 Å². The highest BCUT2D eigenvalue weighted by atomic mass is 32.2. The summed E-state index contributed by atoms with van der Waals surface area (Å²) in [6, 6.07) is 3.87. The lowest BCUT2D eigenvalue weighted by Gasteiger charge is -2.34. The molecule has 1 heterocycles. The van der Waals surface area contributed by atoms with Crippen molar-refractivity contribution in [3.05, 3.63) is 17.7 Å². The van der Waals surface area contributed by atoms with E-state index in [4.69, 9.17) is 10.9 Å². The Morgan fingerprint density at radius 1 is 1.19 bits per heavy atom. The molecule has 4 N–H and O–H groups in total. The van der Waals surface area contributed by atoms with Crippen LogP contribution in [0, 0.1) is 12.8 Å². The highest BCUT2D eigenvalue weighted by molar-refractivity contribution is 7.89. The average molecular weight is 309 g/mol. The molecule has 3 rings (SSSR count). The molecule has 1 saturated carbocycles. The summed E-state index contributed by atoms with van der Waals surface area (Å²) in [6.45, 7) is 2.80. The normalized spacial score (nSPS) is 25.9. The van der Waals surface area contributed by atoms with Crippen LogP contribution in [-0.2, 0) is 10.0 Å². The van der Waals surface area contributed by atoms with E-state index >= 15 is 0 Å². The van der Waals surface area contributed by atoms with Gasteiger partial charge in [0.2, 0.25) is 10.0 Å². The summed E-state index contributed by atoms with van der Waals surface area (Å²) in [5.74, 6) is 0.734. The van der Waals surface area contributed by atoms with Gasteiger partial charge < -0.3 is 10.6 Å². The van der Waals surface area contributed by atoms with Crippen molar-refractivity contribution in [3.63, 3.8) is 0 Å². The van der Waals surface area contributed by atoms with Gasteiger partial charge in [0.05, 0.1) is 4.90 Å². The second-order valence-corrected chi connectivity index (χ2v) is 7.83. The predicted octanol–water partition coefficient (Wildman–Crippen LogP) is 1.99. The molecule has 1 aromatic rings. The zero-order chi connectivity index (χ0) is 15.2. The van der Waals surface area contributed by atoms with E-state index < -0.39 is 10.0 Å². The topological polar surface area (TPSA) is 89.4 Å². The summed E-state index contributed by atoms with van der Waals surface area (Å²) in [5, 5.41) is 5.32. The molecular formula is C15H23N3O2S. The number of fused-ring (bicyclic) bond motifs is 1. The quantitative estimate of drug-likeness (QED) is 0.818. The number of nitrogens with two attached hydrogens (primary N) is 2. The number of anilines is 2. The van der Waals surface area contributed by atoms with Gasteiger partial charge in [-0.1, -0.05) is 12.8 Å². The van der Waals surface area contributed by atoms with Crippen LogP contribution in [0.3, 0.4) is 0 Å². The third-order valence-electron chi connectivity index (χ3n) is 4.98. The minimum absolute atomic E-state index is 0.150. The zero-order valence-corrected chi connectivity index (χ0v) is 13.2. The molecule has 1 saturated heterocycles. The second kappa shape index (κ2) is 5.18. The summed E-state index contributed by atoms with van der Waals surface area (Å²) in [4.78, 5) is 2.50. The summed E-state index contributed by atoms with van der Waals surface area (Å²) >= 11 is 0. The molecule has 116 valence electrons. The van der Waals surface area contributed by atoms with Gasteiger partial charge in [0.1, 0.15) is 0 Å². The van der Waals surface area contributed by atoms with Crippen LogP contribution in [0.2, 0.25) is 0 Å². The third kappa shape index (κ3) is 2.62. The van der Waals surface area contributed by atoms with Gasteiger partial charge in [0, 0.05) is 24.0 Å². The van der Waals surface area contributed by atoms with Crippen LogP contribution >= 0.6 is 0 Å². The SMILES string of the molecule is Cc1c(N2CCC3CCCCC32)cc(N)cc1S(N)(=O)=O. The number of benzene rings is 1. The largest absolute Gasteiger partial charge is 0.399 e. The molecule has 2 atom stereocenters. The Labute approximate surface area is 126 Å². The fraction of sp³-hybridized carbons (Fsp3) is 0.600. The molecule has 6 heteroatoms. The molecule has 1 aliphatic heterocycles.